The highest BCUT2D eigenvalue weighted by atomic mass is 32.1. The van der Waals surface area contributed by atoms with E-state index in [0.29, 0.717) is 18.9 Å². The maximum absolute atomic E-state index is 12.9. The van der Waals surface area contributed by atoms with E-state index in [1.54, 1.807) is 4.90 Å². The lowest BCUT2D eigenvalue weighted by Gasteiger charge is -2.23. The number of nitrogens with one attached hydrogen (secondary N) is 1. The zero-order valence-electron chi connectivity index (χ0n) is 18.3. The van der Waals surface area contributed by atoms with E-state index in [-0.39, 0.29) is 44.9 Å². The SMILES string of the molecule is C[C@@H](Cc1c[nH]c2ccc(OCC3CCCCC3)cc12)C(=O)N1CCC[C@H]1C#N.S.S. The Morgan fingerprint density at radius 3 is 2.74 bits per heavy atom. The fourth-order valence-electron chi connectivity index (χ4n) is 4.85. The van der Waals surface area contributed by atoms with E-state index in [1.165, 1.54) is 32.1 Å². The number of ether oxygens (including phenoxy) is 1. The van der Waals surface area contributed by atoms with Crippen molar-refractivity contribution in [1.82, 2.24) is 9.88 Å². The van der Waals surface area contributed by atoms with Crippen LogP contribution in [0, 0.1) is 23.2 Å². The Morgan fingerprint density at radius 1 is 1.23 bits per heavy atom. The van der Waals surface area contributed by atoms with Crippen LogP contribution < -0.4 is 4.74 Å². The third-order valence-electron chi connectivity index (χ3n) is 6.58. The molecule has 2 atom stereocenters. The molecule has 0 radical (unpaired) electrons. The molecule has 170 valence electrons. The number of nitrogens with zero attached hydrogens (tertiary/aromatic N) is 2. The molecule has 4 rings (SSSR count). The normalized spacial score (nSPS) is 19.9. The molecule has 1 saturated carbocycles. The predicted octanol–water partition coefficient (Wildman–Crippen LogP) is 5.05. The minimum atomic E-state index is -0.257. The number of amides is 1. The topological polar surface area (TPSA) is 69.1 Å². The Bertz CT molecular complexity index is 902. The number of benzene rings is 1. The van der Waals surface area contributed by atoms with Crippen LogP contribution in [0.4, 0.5) is 0 Å². The average Bonchev–Trinajstić information content (AvgIpc) is 3.39. The number of nitriles is 1. The zero-order chi connectivity index (χ0) is 20.2. The van der Waals surface area contributed by atoms with Crippen LogP contribution in [0.5, 0.6) is 5.75 Å². The number of likely N-dealkylation sites (tertiary alicyclic amines) is 1. The molecule has 1 saturated heterocycles. The van der Waals surface area contributed by atoms with Gasteiger partial charge in [0.15, 0.2) is 0 Å². The Kier molecular flexibility index (Phi) is 9.64. The number of H-pyrrole nitrogens is 1. The van der Waals surface area contributed by atoms with Crippen molar-refractivity contribution in [2.24, 2.45) is 11.8 Å². The average molecular weight is 462 g/mol. The van der Waals surface area contributed by atoms with Crippen LogP contribution in [0.2, 0.25) is 0 Å². The largest absolute Gasteiger partial charge is 0.493 e. The molecule has 5 nitrogen and oxygen atoms in total. The van der Waals surface area contributed by atoms with Gasteiger partial charge in [0.25, 0.3) is 0 Å². The minimum absolute atomic E-state index is 0. The highest BCUT2D eigenvalue weighted by molar-refractivity contribution is 7.59. The number of hydrogen-bond acceptors (Lipinski definition) is 3. The van der Waals surface area contributed by atoms with Gasteiger partial charge in [-0.3, -0.25) is 4.79 Å². The molecule has 7 heteroatoms. The molecule has 2 aliphatic rings. The summed E-state index contributed by atoms with van der Waals surface area (Å²) in [6.45, 7) is 3.47. The van der Waals surface area contributed by atoms with Crippen molar-refractivity contribution >= 4 is 43.8 Å². The molecular formula is C24H35N3O2S2. The van der Waals surface area contributed by atoms with Gasteiger partial charge in [-0.05, 0) is 61.8 Å². The summed E-state index contributed by atoms with van der Waals surface area (Å²) in [5.41, 5.74) is 2.21. The third kappa shape index (κ3) is 5.93. The van der Waals surface area contributed by atoms with Gasteiger partial charge >= 0.3 is 0 Å². The van der Waals surface area contributed by atoms with Crippen molar-refractivity contribution in [1.29, 1.82) is 5.26 Å². The molecular weight excluding hydrogens is 426 g/mol. The van der Waals surface area contributed by atoms with E-state index >= 15 is 0 Å². The molecule has 0 spiro atoms. The summed E-state index contributed by atoms with van der Waals surface area (Å²) in [6, 6.07) is 8.21. The number of rotatable bonds is 6. The maximum Gasteiger partial charge on any atom is 0.226 e. The Morgan fingerprint density at radius 2 is 2.00 bits per heavy atom. The Labute approximate surface area is 199 Å². The molecule has 0 bridgehead atoms. The molecule has 2 aromatic rings. The van der Waals surface area contributed by atoms with Gasteiger partial charge in [0.1, 0.15) is 11.8 Å². The van der Waals surface area contributed by atoms with E-state index < -0.39 is 0 Å². The summed E-state index contributed by atoms with van der Waals surface area (Å²) >= 11 is 0. The number of carbonyl (C=O) groups excluding carboxylic acids is 1. The summed E-state index contributed by atoms with van der Waals surface area (Å²) in [5, 5.41) is 10.4. The van der Waals surface area contributed by atoms with Gasteiger partial charge in [-0.1, -0.05) is 26.2 Å². The molecule has 1 N–H and O–H groups in total. The summed E-state index contributed by atoms with van der Waals surface area (Å²) in [5.74, 6) is 1.53. The van der Waals surface area contributed by atoms with Crippen LogP contribution in [0.15, 0.2) is 24.4 Å². The number of fused-ring (bicyclic) bond motifs is 1. The van der Waals surface area contributed by atoms with Crippen molar-refractivity contribution in [3.8, 4) is 11.8 Å². The van der Waals surface area contributed by atoms with Gasteiger partial charge in [-0.25, -0.2) is 0 Å². The van der Waals surface area contributed by atoms with Crippen LogP contribution in [0.1, 0.15) is 57.4 Å². The van der Waals surface area contributed by atoms with Crippen molar-refractivity contribution in [2.75, 3.05) is 13.2 Å². The van der Waals surface area contributed by atoms with Gasteiger partial charge in [0, 0.05) is 29.6 Å². The molecule has 2 heterocycles. The van der Waals surface area contributed by atoms with Crippen LogP contribution in [0.3, 0.4) is 0 Å². The van der Waals surface area contributed by atoms with Gasteiger partial charge in [0.2, 0.25) is 5.91 Å². The van der Waals surface area contributed by atoms with Crippen molar-refractivity contribution in [3.05, 3.63) is 30.0 Å². The summed E-state index contributed by atoms with van der Waals surface area (Å²) in [4.78, 5) is 17.9. The second-order valence-electron chi connectivity index (χ2n) is 8.76. The molecule has 1 aliphatic carbocycles. The van der Waals surface area contributed by atoms with Gasteiger partial charge in [-0.15, -0.1) is 0 Å². The standard InChI is InChI=1S/C24H31N3O2.2H2S/c1-17(24(28)27-11-5-8-20(27)14-25)12-19-15-26-23-10-9-21(13-22(19)23)29-16-18-6-3-2-4-7-18;;/h9-10,13,15,17-18,20,26H,2-8,11-12,16H2,1H3;2*1H2/t17-,20-;;/m0../s1. The molecule has 2 fully saturated rings. The van der Waals surface area contributed by atoms with E-state index in [4.69, 9.17) is 4.74 Å². The summed E-state index contributed by atoms with van der Waals surface area (Å²) in [6.07, 6.45) is 10.9. The second kappa shape index (κ2) is 11.7. The molecule has 1 aliphatic heterocycles. The highest BCUT2D eigenvalue weighted by Crippen LogP contribution is 2.29. The van der Waals surface area contributed by atoms with Gasteiger partial charge < -0.3 is 14.6 Å². The lowest BCUT2D eigenvalue weighted by atomic mass is 9.90. The first-order chi connectivity index (χ1) is 14.2. The first-order valence-corrected chi connectivity index (χ1v) is 11.1. The molecule has 1 amide bonds. The fraction of sp³-hybridized carbons (Fsp3) is 0.583. The lowest BCUT2D eigenvalue weighted by Crippen LogP contribution is -2.38. The second-order valence-corrected chi connectivity index (χ2v) is 8.76. The van der Waals surface area contributed by atoms with Crippen LogP contribution >= 0.6 is 27.0 Å². The fourth-order valence-corrected chi connectivity index (χ4v) is 4.85. The molecule has 31 heavy (non-hydrogen) atoms. The zero-order valence-corrected chi connectivity index (χ0v) is 20.3. The van der Waals surface area contributed by atoms with E-state index in [9.17, 15) is 10.1 Å². The minimum Gasteiger partial charge on any atom is -0.493 e. The quantitative estimate of drug-likeness (QED) is 0.655. The number of hydrogen-bond donors (Lipinski definition) is 1. The predicted molar refractivity (Wildman–Crippen MR) is 134 cm³/mol. The van der Waals surface area contributed by atoms with Crippen molar-refractivity contribution < 1.29 is 9.53 Å². The number of aromatic amines is 1. The Hall–Kier alpha value is -1.78. The number of carbonyl (C=O) groups is 1. The maximum atomic E-state index is 12.9. The van der Waals surface area contributed by atoms with Crippen LogP contribution in [-0.2, 0) is 11.2 Å². The van der Waals surface area contributed by atoms with Crippen molar-refractivity contribution in [2.45, 2.75) is 64.3 Å². The summed E-state index contributed by atoms with van der Waals surface area (Å²) in [7, 11) is 0. The first-order valence-electron chi connectivity index (χ1n) is 11.1. The highest BCUT2D eigenvalue weighted by Gasteiger charge is 2.31. The summed E-state index contributed by atoms with van der Waals surface area (Å²) < 4.78 is 6.12. The van der Waals surface area contributed by atoms with Gasteiger partial charge in [-0.2, -0.15) is 32.3 Å². The molecule has 1 aromatic carbocycles. The third-order valence-corrected chi connectivity index (χ3v) is 6.58. The van der Waals surface area contributed by atoms with Crippen molar-refractivity contribution in [3.63, 3.8) is 0 Å². The Balaban J connectivity index is 0.00000171. The smallest absolute Gasteiger partial charge is 0.226 e. The van der Waals surface area contributed by atoms with Crippen LogP contribution in [-0.4, -0.2) is 35.0 Å². The van der Waals surface area contributed by atoms with Crippen LogP contribution in [0.25, 0.3) is 10.9 Å². The lowest BCUT2D eigenvalue weighted by molar-refractivity contribution is -0.134. The van der Waals surface area contributed by atoms with E-state index in [2.05, 4.69) is 23.2 Å². The van der Waals surface area contributed by atoms with E-state index in [0.717, 1.165) is 41.7 Å². The molecule has 0 unspecified atom stereocenters. The van der Waals surface area contributed by atoms with E-state index in [1.807, 2.05) is 19.2 Å². The van der Waals surface area contributed by atoms with Gasteiger partial charge in [0.05, 0.1) is 12.7 Å². The number of aromatic nitrogens is 1. The monoisotopic (exact) mass is 461 g/mol. The first kappa shape index (κ1) is 25.5. The molecule has 1 aromatic heterocycles.